The third-order valence-electron chi connectivity index (χ3n) is 2.53. The van der Waals surface area contributed by atoms with Crippen LogP contribution in [0.5, 0.6) is 17.2 Å². The maximum absolute atomic E-state index is 5.34. The zero-order chi connectivity index (χ0) is 12.3. The number of benzene rings is 1. The molecule has 0 aliphatic rings. The van der Waals surface area contributed by atoms with Gasteiger partial charge in [0.1, 0.15) is 0 Å². The summed E-state index contributed by atoms with van der Waals surface area (Å²) < 4.78 is 17.4. The Labute approximate surface area is 102 Å². The first-order chi connectivity index (χ1) is 7.43. The second-order valence-corrected chi connectivity index (χ2v) is 19.2. The van der Waals surface area contributed by atoms with Crippen LogP contribution in [-0.2, 0) is 0 Å². The van der Waals surface area contributed by atoms with Gasteiger partial charge >= 0.3 is 102 Å². The first kappa shape index (κ1) is 13.5. The van der Waals surface area contributed by atoms with Crippen molar-refractivity contribution in [2.75, 3.05) is 21.3 Å². The monoisotopic (exact) mass is 332 g/mol. The molecule has 4 heteroatoms. The maximum atomic E-state index is 5.34. The standard InChI is InChI=1S/C9H11O3.3CH3.Sn/c1-10-7-5-4-6-8(11-2)9(7)12-3;;;;/h5-6H,1-3H3;3*1H3;. The summed E-state index contributed by atoms with van der Waals surface area (Å²) >= 11 is -2.11. The quantitative estimate of drug-likeness (QED) is 0.793. The van der Waals surface area contributed by atoms with E-state index in [4.69, 9.17) is 14.2 Å². The molecule has 0 bridgehead atoms. The minimum atomic E-state index is -2.11. The first-order valence-electron chi connectivity index (χ1n) is 5.24. The molecule has 0 heterocycles. The van der Waals surface area contributed by atoms with E-state index >= 15 is 0 Å². The van der Waals surface area contributed by atoms with Crippen molar-refractivity contribution in [3.63, 3.8) is 0 Å². The molecule has 0 aliphatic carbocycles. The molecule has 0 atom stereocenters. The predicted octanol–water partition coefficient (Wildman–Crippen LogP) is 2.26. The van der Waals surface area contributed by atoms with Gasteiger partial charge in [-0.15, -0.1) is 0 Å². The molecule has 0 aromatic heterocycles. The Hall–Kier alpha value is -0.581. The normalized spacial score (nSPS) is 11.1. The molecule has 0 spiro atoms. The second-order valence-electron chi connectivity index (χ2n) is 4.66. The summed E-state index contributed by atoms with van der Waals surface area (Å²) in [5.41, 5.74) is 0. The first-order valence-corrected chi connectivity index (χ1v) is 15.2. The molecule has 0 unspecified atom stereocenters. The van der Waals surface area contributed by atoms with Gasteiger partial charge < -0.3 is 0 Å². The van der Waals surface area contributed by atoms with Gasteiger partial charge in [-0.25, -0.2) is 0 Å². The average Bonchev–Trinajstić information content (AvgIpc) is 2.25. The summed E-state index contributed by atoms with van der Waals surface area (Å²) in [7, 11) is 4.93. The van der Waals surface area contributed by atoms with Gasteiger partial charge in [0.05, 0.1) is 0 Å². The molecule has 0 aliphatic heterocycles. The van der Waals surface area contributed by atoms with E-state index in [1.54, 1.807) is 21.3 Å². The molecule has 90 valence electrons. The van der Waals surface area contributed by atoms with Crippen LogP contribution < -0.4 is 17.8 Å². The van der Waals surface area contributed by atoms with Crippen LogP contribution in [0.2, 0.25) is 14.8 Å². The van der Waals surface area contributed by atoms with Crippen molar-refractivity contribution in [3.8, 4) is 17.2 Å². The van der Waals surface area contributed by atoms with Crippen molar-refractivity contribution < 1.29 is 14.2 Å². The molecule has 0 radical (unpaired) electrons. The fraction of sp³-hybridized carbons (Fsp3) is 0.500. The van der Waals surface area contributed by atoms with Gasteiger partial charge in [-0.2, -0.15) is 0 Å². The van der Waals surface area contributed by atoms with Crippen LogP contribution in [0, 0.1) is 0 Å². The van der Waals surface area contributed by atoms with Crippen LogP contribution in [0.1, 0.15) is 0 Å². The molecule has 0 saturated heterocycles. The molecule has 1 aromatic carbocycles. The molecule has 0 fully saturated rings. The summed E-state index contributed by atoms with van der Waals surface area (Å²) in [6.07, 6.45) is 0. The summed E-state index contributed by atoms with van der Waals surface area (Å²) in [5.74, 6) is 2.18. The Bertz CT molecular complexity index is 344. The van der Waals surface area contributed by atoms with E-state index in [0.29, 0.717) is 5.75 Å². The number of hydrogen-bond acceptors (Lipinski definition) is 3. The van der Waals surface area contributed by atoms with Crippen LogP contribution in [-0.4, -0.2) is 39.7 Å². The molecule has 1 aromatic rings. The van der Waals surface area contributed by atoms with Gasteiger partial charge in [0.2, 0.25) is 0 Å². The van der Waals surface area contributed by atoms with Gasteiger partial charge in [0.15, 0.2) is 0 Å². The average molecular weight is 331 g/mol. The molecular weight excluding hydrogens is 311 g/mol. The van der Waals surface area contributed by atoms with E-state index in [1.165, 1.54) is 3.58 Å². The van der Waals surface area contributed by atoms with Crippen molar-refractivity contribution in [1.29, 1.82) is 0 Å². The Morgan fingerprint density at radius 2 is 1.25 bits per heavy atom. The van der Waals surface area contributed by atoms with Gasteiger partial charge in [-0.1, -0.05) is 0 Å². The van der Waals surface area contributed by atoms with Crippen LogP contribution in [0.25, 0.3) is 0 Å². The molecular formula is C12H20O3Sn. The predicted molar refractivity (Wildman–Crippen MR) is 69.1 cm³/mol. The van der Waals surface area contributed by atoms with Crippen molar-refractivity contribution in [2.45, 2.75) is 14.8 Å². The summed E-state index contributed by atoms with van der Waals surface area (Å²) in [6, 6.07) is 4.16. The van der Waals surface area contributed by atoms with Gasteiger partial charge in [0, 0.05) is 0 Å². The molecule has 0 amide bonds. The summed E-state index contributed by atoms with van der Waals surface area (Å²) in [6.45, 7) is 0. The van der Waals surface area contributed by atoms with Crippen molar-refractivity contribution in [2.24, 2.45) is 0 Å². The number of hydrogen-bond donors (Lipinski definition) is 0. The molecule has 16 heavy (non-hydrogen) atoms. The SMILES string of the molecule is COc1c[c]([Sn]([CH3])([CH3])[CH3])cc(OC)c1OC. The van der Waals surface area contributed by atoms with Gasteiger partial charge in [-0.3, -0.25) is 0 Å². The third kappa shape index (κ3) is 2.75. The summed E-state index contributed by atoms with van der Waals surface area (Å²) in [5, 5.41) is 0. The molecule has 0 N–H and O–H groups in total. The minimum absolute atomic E-state index is 0.671. The van der Waals surface area contributed by atoms with E-state index in [-0.39, 0.29) is 0 Å². The Morgan fingerprint density at radius 1 is 0.812 bits per heavy atom. The van der Waals surface area contributed by atoms with E-state index < -0.39 is 18.4 Å². The van der Waals surface area contributed by atoms with Crippen LogP contribution in [0.3, 0.4) is 0 Å². The third-order valence-corrected chi connectivity index (χ3v) is 8.30. The Morgan fingerprint density at radius 3 is 1.50 bits per heavy atom. The van der Waals surface area contributed by atoms with Crippen molar-refractivity contribution >= 4 is 22.0 Å². The van der Waals surface area contributed by atoms with E-state index in [2.05, 4.69) is 27.0 Å². The second kappa shape index (κ2) is 5.17. The fourth-order valence-corrected chi connectivity index (χ4v) is 4.73. The zero-order valence-electron chi connectivity index (χ0n) is 10.9. The Balaban J connectivity index is 3.37. The van der Waals surface area contributed by atoms with E-state index in [9.17, 15) is 0 Å². The van der Waals surface area contributed by atoms with Crippen molar-refractivity contribution in [1.82, 2.24) is 0 Å². The Kier molecular flexibility index (Phi) is 4.35. The van der Waals surface area contributed by atoms with Crippen LogP contribution >= 0.6 is 0 Å². The fourth-order valence-electron chi connectivity index (χ4n) is 1.51. The summed E-state index contributed by atoms with van der Waals surface area (Å²) in [4.78, 5) is 7.07. The van der Waals surface area contributed by atoms with Crippen LogP contribution in [0.15, 0.2) is 12.1 Å². The van der Waals surface area contributed by atoms with Gasteiger partial charge in [-0.05, 0) is 0 Å². The zero-order valence-corrected chi connectivity index (χ0v) is 13.7. The number of rotatable bonds is 4. The van der Waals surface area contributed by atoms with Crippen molar-refractivity contribution in [3.05, 3.63) is 12.1 Å². The molecule has 1 rings (SSSR count). The van der Waals surface area contributed by atoms with E-state index in [1.807, 2.05) is 0 Å². The molecule has 3 nitrogen and oxygen atoms in total. The molecule has 0 saturated carbocycles. The topological polar surface area (TPSA) is 27.7 Å². The number of ether oxygens (including phenoxy) is 3. The van der Waals surface area contributed by atoms with Crippen LogP contribution in [0.4, 0.5) is 0 Å². The van der Waals surface area contributed by atoms with E-state index in [0.717, 1.165) is 11.5 Å². The number of methoxy groups -OCH3 is 3. The van der Waals surface area contributed by atoms with Gasteiger partial charge in [0.25, 0.3) is 0 Å².